The predicted octanol–water partition coefficient (Wildman–Crippen LogP) is 2.87. The standard InChI is InChI=1S/C16H19N3O/c1-2-17-9-14-10-18-11-16(19-14)20-15-7-6-12-4-3-5-13(12)8-15/h6-8,10-11,17H,2-5,9H2,1H3. The summed E-state index contributed by atoms with van der Waals surface area (Å²) in [5.41, 5.74) is 3.74. The van der Waals surface area contributed by atoms with E-state index in [2.05, 4.69) is 34.3 Å². The van der Waals surface area contributed by atoms with Gasteiger partial charge in [0.25, 0.3) is 0 Å². The lowest BCUT2D eigenvalue weighted by Crippen LogP contribution is -2.13. The zero-order valence-electron chi connectivity index (χ0n) is 11.7. The molecule has 0 radical (unpaired) electrons. The molecule has 3 rings (SSSR count). The molecule has 1 aliphatic carbocycles. The fourth-order valence-corrected chi connectivity index (χ4v) is 2.51. The van der Waals surface area contributed by atoms with Crippen molar-refractivity contribution >= 4 is 0 Å². The van der Waals surface area contributed by atoms with E-state index in [4.69, 9.17) is 4.74 Å². The van der Waals surface area contributed by atoms with Crippen molar-refractivity contribution in [1.82, 2.24) is 15.3 Å². The first-order valence-electron chi connectivity index (χ1n) is 7.16. The van der Waals surface area contributed by atoms with E-state index < -0.39 is 0 Å². The van der Waals surface area contributed by atoms with E-state index in [9.17, 15) is 0 Å². The van der Waals surface area contributed by atoms with Crippen molar-refractivity contribution in [3.8, 4) is 11.6 Å². The summed E-state index contributed by atoms with van der Waals surface area (Å²) in [7, 11) is 0. The summed E-state index contributed by atoms with van der Waals surface area (Å²) < 4.78 is 5.82. The van der Waals surface area contributed by atoms with Crippen LogP contribution in [0.15, 0.2) is 30.6 Å². The SMILES string of the molecule is CCNCc1cncc(Oc2ccc3c(c2)CCC3)n1. The second-order valence-corrected chi connectivity index (χ2v) is 5.02. The summed E-state index contributed by atoms with van der Waals surface area (Å²) in [6, 6.07) is 6.30. The van der Waals surface area contributed by atoms with Crippen molar-refractivity contribution in [2.75, 3.05) is 6.54 Å². The molecule has 104 valence electrons. The first-order chi connectivity index (χ1) is 9.85. The summed E-state index contributed by atoms with van der Waals surface area (Å²) >= 11 is 0. The van der Waals surface area contributed by atoms with Crippen LogP contribution in [0, 0.1) is 0 Å². The van der Waals surface area contributed by atoms with E-state index in [1.54, 1.807) is 12.4 Å². The Morgan fingerprint density at radius 1 is 1.20 bits per heavy atom. The van der Waals surface area contributed by atoms with Gasteiger partial charge in [-0.1, -0.05) is 13.0 Å². The molecule has 0 amide bonds. The van der Waals surface area contributed by atoms with Crippen LogP contribution in [0.1, 0.15) is 30.2 Å². The maximum atomic E-state index is 5.82. The van der Waals surface area contributed by atoms with Gasteiger partial charge in [0, 0.05) is 12.7 Å². The molecule has 4 nitrogen and oxygen atoms in total. The third-order valence-corrected chi connectivity index (χ3v) is 3.51. The Morgan fingerprint density at radius 3 is 3.00 bits per heavy atom. The van der Waals surface area contributed by atoms with Gasteiger partial charge in [0.15, 0.2) is 0 Å². The molecule has 0 unspecified atom stereocenters. The number of hydrogen-bond acceptors (Lipinski definition) is 4. The first-order valence-corrected chi connectivity index (χ1v) is 7.16. The Balaban J connectivity index is 1.74. The van der Waals surface area contributed by atoms with Gasteiger partial charge in [-0.25, -0.2) is 4.98 Å². The molecule has 0 atom stereocenters. The molecule has 20 heavy (non-hydrogen) atoms. The maximum Gasteiger partial charge on any atom is 0.238 e. The van der Waals surface area contributed by atoms with Gasteiger partial charge in [0.1, 0.15) is 5.75 Å². The van der Waals surface area contributed by atoms with Gasteiger partial charge in [0.2, 0.25) is 5.88 Å². The zero-order chi connectivity index (χ0) is 13.8. The minimum absolute atomic E-state index is 0.554. The second kappa shape index (κ2) is 6.01. The molecular weight excluding hydrogens is 250 g/mol. The van der Waals surface area contributed by atoms with Gasteiger partial charge >= 0.3 is 0 Å². The predicted molar refractivity (Wildman–Crippen MR) is 78.0 cm³/mol. The molecule has 0 saturated carbocycles. The Kier molecular flexibility index (Phi) is 3.92. The van der Waals surface area contributed by atoms with Gasteiger partial charge in [0.05, 0.1) is 11.9 Å². The maximum absolute atomic E-state index is 5.82. The van der Waals surface area contributed by atoms with Gasteiger partial charge in [-0.05, 0) is 49.1 Å². The van der Waals surface area contributed by atoms with E-state index >= 15 is 0 Å². The van der Waals surface area contributed by atoms with Crippen LogP contribution in [0.5, 0.6) is 11.6 Å². The zero-order valence-corrected chi connectivity index (χ0v) is 11.7. The minimum Gasteiger partial charge on any atom is -0.437 e. The number of nitrogens with zero attached hydrogens (tertiary/aromatic N) is 2. The number of ether oxygens (including phenoxy) is 1. The third kappa shape index (κ3) is 2.96. The van der Waals surface area contributed by atoms with E-state index in [-0.39, 0.29) is 0 Å². The van der Waals surface area contributed by atoms with Crippen LogP contribution >= 0.6 is 0 Å². The summed E-state index contributed by atoms with van der Waals surface area (Å²) in [6.07, 6.45) is 7.00. The van der Waals surface area contributed by atoms with Crippen LogP contribution in [0.4, 0.5) is 0 Å². The van der Waals surface area contributed by atoms with Crippen molar-refractivity contribution in [3.63, 3.8) is 0 Å². The van der Waals surface area contributed by atoms with Crippen LogP contribution in [-0.4, -0.2) is 16.5 Å². The van der Waals surface area contributed by atoms with Gasteiger partial charge in [-0.15, -0.1) is 0 Å². The number of benzene rings is 1. The van der Waals surface area contributed by atoms with E-state index in [1.807, 2.05) is 6.07 Å². The van der Waals surface area contributed by atoms with Gasteiger partial charge in [-0.2, -0.15) is 0 Å². The molecule has 0 saturated heterocycles. The fourth-order valence-electron chi connectivity index (χ4n) is 2.51. The largest absolute Gasteiger partial charge is 0.437 e. The molecule has 1 aliphatic rings. The number of fused-ring (bicyclic) bond motifs is 1. The monoisotopic (exact) mass is 269 g/mol. The molecule has 1 aromatic carbocycles. The molecular formula is C16H19N3O. The normalized spacial score (nSPS) is 13.2. The molecule has 0 fully saturated rings. The number of aryl methyl sites for hydroxylation is 2. The summed E-state index contributed by atoms with van der Waals surface area (Å²) in [6.45, 7) is 3.70. The van der Waals surface area contributed by atoms with E-state index in [1.165, 1.54) is 24.0 Å². The number of aromatic nitrogens is 2. The molecule has 0 aliphatic heterocycles. The highest BCUT2D eigenvalue weighted by Gasteiger charge is 2.11. The molecule has 0 bridgehead atoms. The lowest BCUT2D eigenvalue weighted by molar-refractivity contribution is 0.456. The highest BCUT2D eigenvalue weighted by atomic mass is 16.5. The van der Waals surface area contributed by atoms with E-state index in [0.29, 0.717) is 12.4 Å². The molecule has 1 heterocycles. The smallest absolute Gasteiger partial charge is 0.238 e. The molecule has 1 N–H and O–H groups in total. The second-order valence-electron chi connectivity index (χ2n) is 5.02. The molecule has 0 spiro atoms. The Bertz CT molecular complexity index is 598. The van der Waals surface area contributed by atoms with Crippen molar-refractivity contribution in [2.45, 2.75) is 32.7 Å². The summed E-state index contributed by atoms with van der Waals surface area (Å²) in [4.78, 5) is 8.63. The Morgan fingerprint density at radius 2 is 2.10 bits per heavy atom. The number of nitrogens with one attached hydrogen (secondary N) is 1. The molecule has 4 heteroatoms. The lowest BCUT2D eigenvalue weighted by atomic mass is 10.1. The highest BCUT2D eigenvalue weighted by Crippen LogP contribution is 2.28. The average Bonchev–Trinajstić information content (AvgIpc) is 2.93. The van der Waals surface area contributed by atoms with Crippen molar-refractivity contribution in [2.24, 2.45) is 0 Å². The average molecular weight is 269 g/mol. The van der Waals surface area contributed by atoms with Crippen molar-refractivity contribution < 1.29 is 4.74 Å². The van der Waals surface area contributed by atoms with Gasteiger partial charge < -0.3 is 10.1 Å². The summed E-state index contributed by atoms with van der Waals surface area (Å²) in [5.74, 6) is 1.40. The topological polar surface area (TPSA) is 47.0 Å². The van der Waals surface area contributed by atoms with Crippen LogP contribution in [-0.2, 0) is 19.4 Å². The van der Waals surface area contributed by atoms with Crippen molar-refractivity contribution in [1.29, 1.82) is 0 Å². The Hall–Kier alpha value is -1.94. The van der Waals surface area contributed by atoms with Crippen LogP contribution in [0.3, 0.4) is 0 Å². The third-order valence-electron chi connectivity index (χ3n) is 3.51. The minimum atomic E-state index is 0.554. The molecule has 1 aromatic heterocycles. The molecule has 2 aromatic rings. The lowest BCUT2D eigenvalue weighted by Gasteiger charge is -2.08. The summed E-state index contributed by atoms with van der Waals surface area (Å²) in [5, 5.41) is 3.23. The highest BCUT2D eigenvalue weighted by molar-refractivity contribution is 5.39. The van der Waals surface area contributed by atoms with Crippen LogP contribution < -0.4 is 10.1 Å². The van der Waals surface area contributed by atoms with Crippen LogP contribution in [0.25, 0.3) is 0 Å². The van der Waals surface area contributed by atoms with E-state index in [0.717, 1.165) is 24.4 Å². The number of hydrogen-bond donors (Lipinski definition) is 1. The van der Waals surface area contributed by atoms with Crippen molar-refractivity contribution in [3.05, 3.63) is 47.4 Å². The number of rotatable bonds is 5. The Labute approximate surface area is 119 Å². The fraction of sp³-hybridized carbons (Fsp3) is 0.375. The van der Waals surface area contributed by atoms with Gasteiger partial charge in [-0.3, -0.25) is 4.98 Å². The van der Waals surface area contributed by atoms with Crippen LogP contribution in [0.2, 0.25) is 0 Å². The first kappa shape index (κ1) is 13.1. The quantitative estimate of drug-likeness (QED) is 0.906.